The summed E-state index contributed by atoms with van der Waals surface area (Å²) in [4.78, 5) is 11.4. The molecule has 1 fully saturated rings. The minimum Gasteiger partial charge on any atom is -0.465 e. The number of esters is 1. The van der Waals surface area contributed by atoms with E-state index in [0.717, 1.165) is 6.42 Å². The highest BCUT2D eigenvalue weighted by atomic mass is 16.5. The molecule has 2 nitrogen and oxygen atoms in total. The molecule has 0 heterocycles. The Bertz CT molecular complexity index is 257. The average molecular weight is 226 g/mol. The molecule has 16 heavy (non-hydrogen) atoms. The van der Waals surface area contributed by atoms with Gasteiger partial charge in [0.15, 0.2) is 0 Å². The Labute approximate surface area is 99.8 Å². The Morgan fingerprint density at radius 2 is 2.00 bits per heavy atom. The summed E-state index contributed by atoms with van der Waals surface area (Å²) in [7, 11) is 0. The number of hydrogen-bond donors (Lipinski definition) is 0. The van der Waals surface area contributed by atoms with E-state index in [0.29, 0.717) is 18.9 Å². The van der Waals surface area contributed by atoms with Crippen LogP contribution >= 0.6 is 0 Å². The van der Waals surface area contributed by atoms with Gasteiger partial charge in [0.25, 0.3) is 0 Å². The van der Waals surface area contributed by atoms with Crippen LogP contribution in [0.4, 0.5) is 0 Å². The quantitative estimate of drug-likeness (QED) is 0.682. The van der Waals surface area contributed by atoms with Gasteiger partial charge in [-0.15, -0.1) is 0 Å². The topological polar surface area (TPSA) is 26.3 Å². The summed E-state index contributed by atoms with van der Waals surface area (Å²) >= 11 is 0. The molecular weight excluding hydrogens is 200 g/mol. The second kappa shape index (κ2) is 4.77. The van der Waals surface area contributed by atoms with Gasteiger partial charge in [0.1, 0.15) is 0 Å². The summed E-state index contributed by atoms with van der Waals surface area (Å²) in [5.74, 6) is 0.668. The Balaban J connectivity index is 2.56. The molecule has 0 aromatic rings. The maximum Gasteiger partial charge on any atom is 0.305 e. The third kappa shape index (κ3) is 2.41. The van der Waals surface area contributed by atoms with Crippen molar-refractivity contribution in [3.8, 4) is 0 Å². The lowest BCUT2D eigenvalue weighted by Gasteiger charge is -2.40. The lowest BCUT2D eigenvalue weighted by Crippen LogP contribution is -2.37. The molecule has 2 atom stereocenters. The van der Waals surface area contributed by atoms with E-state index in [1.54, 1.807) is 0 Å². The van der Waals surface area contributed by atoms with E-state index in [9.17, 15) is 4.79 Å². The average Bonchev–Trinajstić information content (AvgIpc) is 2.41. The lowest BCUT2D eigenvalue weighted by molar-refractivity contribution is -0.149. The van der Waals surface area contributed by atoms with Crippen molar-refractivity contribution in [3.05, 3.63) is 0 Å². The second-order valence-corrected chi connectivity index (χ2v) is 6.13. The molecule has 0 saturated heterocycles. The van der Waals surface area contributed by atoms with Crippen molar-refractivity contribution < 1.29 is 9.53 Å². The third-order valence-electron chi connectivity index (χ3n) is 4.92. The first kappa shape index (κ1) is 13.5. The molecule has 0 amide bonds. The highest BCUT2D eigenvalue weighted by Crippen LogP contribution is 2.55. The van der Waals surface area contributed by atoms with Crippen LogP contribution in [0.25, 0.3) is 0 Å². The minimum atomic E-state index is -0.0425. The summed E-state index contributed by atoms with van der Waals surface area (Å²) in [5, 5.41) is 0. The molecule has 1 aliphatic rings. The van der Waals surface area contributed by atoms with Crippen LogP contribution < -0.4 is 0 Å². The summed E-state index contributed by atoms with van der Waals surface area (Å²) in [6.45, 7) is 11.8. The van der Waals surface area contributed by atoms with E-state index in [1.165, 1.54) is 12.8 Å². The van der Waals surface area contributed by atoms with Gasteiger partial charge < -0.3 is 4.74 Å². The van der Waals surface area contributed by atoms with Gasteiger partial charge in [0, 0.05) is 11.8 Å². The normalized spacial score (nSPS) is 32.7. The molecule has 0 bridgehead atoms. The Hall–Kier alpha value is -0.530. The molecule has 1 saturated carbocycles. The highest BCUT2D eigenvalue weighted by molar-refractivity contribution is 5.69. The standard InChI is InChI=1S/C14H26O2/c1-6-7-12(15)16-10-14(5)9-8-11(2)13(14,3)4/h11H,6-10H2,1-5H3. The molecule has 0 aromatic heterocycles. The maximum atomic E-state index is 11.4. The molecule has 94 valence electrons. The molecule has 2 unspecified atom stereocenters. The highest BCUT2D eigenvalue weighted by Gasteiger charge is 2.50. The van der Waals surface area contributed by atoms with Crippen LogP contribution in [0.5, 0.6) is 0 Å². The molecule has 1 aliphatic carbocycles. The van der Waals surface area contributed by atoms with Crippen molar-refractivity contribution in [2.24, 2.45) is 16.7 Å². The van der Waals surface area contributed by atoms with E-state index in [1.807, 2.05) is 6.92 Å². The Morgan fingerprint density at radius 1 is 1.38 bits per heavy atom. The first-order valence-electron chi connectivity index (χ1n) is 6.49. The maximum absolute atomic E-state index is 11.4. The van der Waals surface area contributed by atoms with E-state index < -0.39 is 0 Å². The number of hydrogen-bond acceptors (Lipinski definition) is 2. The van der Waals surface area contributed by atoms with Gasteiger partial charge in [-0.2, -0.15) is 0 Å². The van der Waals surface area contributed by atoms with Crippen molar-refractivity contribution in [2.45, 2.75) is 60.3 Å². The summed E-state index contributed by atoms with van der Waals surface area (Å²) in [6, 6.07) is 0. The number of carbonyl (C=O) groups excluding carboxylic acids is 1. The predicted molar refractivity (Wildman–Crippen MR) is 66.2 cm³/mol. The molecule has 1 rings (SSSR count). The van der Waals surface area contributed by atoms with Gasteiger partial charge in [0.2, 0.25) is 0 Å². The lowest BCUT2D eigenvalue weighted by atomic mass is 9.66. The van der Waals surface area contributed by atoms with Crippen molar-refractivity contribution >= 4 is 5.97 Å². The zero-order valence-electron chi connectivity index (χ0n) is 11.4. The van der Waals surface area contributed by atoms with Gasteiger partial charge in [0.05, 0.1) is 6.61 Å². The monoisotopic (exact) mass is 226 g/mol. The van der Waals surface area contributed by atoms with Crippen LogP contribution in [0.15, 0.2) is 0 Å². The zero-order valence-corrected chi connectivity index (χ0v) is 11.4. The molecule has 0 N–H and O–H groups in total. The first-order valence-corrected chi connectivity index (χ1v) is 6.49. The summed E-state index contributed by atoms with van der Waals surface area (Å²) in [5.41, 5.74) is 0.412. The number of rotatable bonds is 4. The molecule has 2 heteroatoms. The minimum absolute atomic E-state index is 0.0425. The van der Waals surface area contributed by atoms with E-state index in [4.69, 9.17) is 4.74 Å². The van der Waals surface area contributed by atoms with Crippen LogP contribution in [-0.2, 0) is 9.53 Å². The Kier molecular flexibility index (Phi) is 4.03. The number of carbonyl (C=O) groups is 1. The van der Waals surface area contributed by atoms with Crippen molar-refractivity contribution in [2.75, 3.05) is 6.61 Å². The van der Waals surface area contributed by atoms with E-state index >= 15 is 0 Å². The van der Waals surface area contributed by atoms with Crippen LogP contribution in [0, 0.1) is 16.7 Å². The Morgan fingerprint density at radius 3 is 2.44 bits per heavy atom. The van der Waals surface area contributed by atoms with Crippen LogP contribution in [0.1, 0.15) is 60.3 Å². The molecule has 0 aliphatic heterocycles. The fourth-order valence-corrected chi connectivity index (χ4v) is 2.59. The van der Waals surface area contributed by atoms with Crippen molar-refractivity contribution in [1.82, 2.24) is 0 Å². The van der Waals surface area contributed by atoms with Crippen LogP contribution in [0.3, 0.4) is 0 Å². The largest absolute Gasteiger partial charge is 0.465 e. The van der Waals surface area contributed by atoms with Crippen LogP contribution in [-0.4, -0.2) is 12.6 Å². The van der Waals surface area contributed by atoms with Gasteiger partial charge in [-0.05, 0) is 30.6 Å². The SMILES string of the molecule is CCCC(=O)OCC1(C)CCC(C)C1(C)C. The summed E-state index contributed by atoms with van der Waals surface area (Å²) in [6.07, 6.45) is 3.83. The van der Waals surface area contributed by atoms with Crippen molar-refractivity contribution in [1.29, 1.82) is 0 Å². The van der Waals surface area contributed by atoms with Gasteiger partial charge in [-0.1, -0.05) is 34.6 Å². The van der Waals surface area contributed by atoms with Gasteiger partial charge in [-0.25, -0.2) is 0 Å². The van der Waals surface area contributed by atoms with Gasteiger partial charge >= 0.3 is 5.97 Å². The zero-order chi connectivity index (χ0) is 12.4. The van der Waals surface area contributed by atoms with Crippen LogP contribution in [0.2, 0.25) is 0 Å². The van der Waals surface area contributed by atoms with Crippen molar-refractivity contribution in [3.63, 3.8) is 0 Å². The fraction of sp³-hybridized carbons (Fsp3) is 0.929. The fourth-order valence-electron chi connectivity index (χ4n) is 2.59. The number of ether oxygens (including phenoxy) is 1. The first-order chi connectivity index (χ1) is 7.33. The molecule has 0 radical (unpaired) electrons. The third-order valence-corrected chi connectivity index (χ3v) is 4.92. The van der Waals surface area contributed by atoms with Gasteiger partial charge in [-0.3, -0.25) is 4.79 Å². The second-order valence-electron chi connectivity index (χ2n) is 6.13. The van der Waals surface area contributed by atoms with E-state index in [-0.39, 0.29) is 16.8 Å². The molecular formula is C14H26O2. The predicted octanol–water partition coefficient (Wildman–Crippen LogP) is 3.79. The van der Waals surface area contributed by atoms with E-state index in [2.05, 4.69) is 27.7 Å². The summed E-state index contributed by atoms with van der Waals surface area (Å²) < 4.78 is 5.41. The molecule has 0 spiro atoms. The molecule has 0 aromatic carbocycles. The smallest absolute Gasteiger partial charge is 0.305 e.